The van der Waals surface area contributed by atoms with Crippen LogP contribution in [0, 0.1) is 0 Å². The highest BCUT2D eigenvalue weighted by Crippen LogP contribution is 2.44. The van der Waals surface area contributed by atoms with Gasteiger partial charge in [-0.05, 0) is 39.9 Å². The van der Waals surface area contributed by atoms with Gasteiger partial charge in [-0.3, -0.25) is 4.79 Å². The van der Waals surface area contributed by atoms with Gasteiger partial charge in [0.05, 0.1) is 5.39 Å². The van der Waals surface area contributed by atoms with Crippen LogP contribution in [0.4, 0.5) is 4.79 Å². The van der Waals surface area contributed by atoms with Gasteiger partial charge < -0.3 is 19.6 Å². The van der Waals surface area contributed by atoms with Crippen LogP contribution in [0.1, 0.15) is 33.2 Å². The Balaban J connectivity index is 1.19. The molecule has 0 atom stereocenters. The van der Waals surface area contributed by atoms with E-state index < -0.39 is 23.3 Å². The lowest BCUT2D eigenvalue weighted by atomic mass is 9.98. The Labute approximate surface area is 200 Å². The van der Waals surface area contributed by atoms with Crippen molar-refractivity contribution < 1.29 is 23.8 Å². The van der Waals surface area contributed by atoms with Crippen LogP contribution in [0.5, 0.6) is 0 Å². The summed E-state index contributed by atoms with van der Waals surface area (Å²) in [6, 6.07) is 22.1. The number of amides is 1. The summed E-state index contributed by atoms with van der Waals surface area (Å²) in [4.78, 5) is 35.5. The van der Waals surface area contributed by atoms with Gasteiger partial charge in [0, 0.05) is 18.5 Å². The number of alkyl carbamates (subject to hydrolysis) is 1. The Kier molecular flexibility index (Phi) is 5.89. The number of carbonyl (C=O) groups is 2. The van der Waals surface area contributed by atoms with Crippen LogP contribution in [-0.2, 0) is 4.74 Å². The molecule has 1 amide bonds. The molecule has 1 aliphatic carbocycles. The molecule has 1 heterocycles. The molecule has 174 valence electrons. The van der Waals surface area contributed by atoms with E-state index in [4.69, 9.17) is 14.3 Å². The van der Waals surface area contributed by atoms with Gasteiger partial charge in [0.15, 0.2) is 5.43 Å². The smallest absolute Gasteiger partial charge is 0.407 e. The van der Waals surface area contributed by atoms with Crippen molar-refractivity contribution in [3.05, 3.63) is 112 Å². The maximum atomic E-state index is 12.3. The van der Waals surface area contributed by atoms with E-state index in [1.165, 1.54) is 11.1 Å². The molecule has 35 heavy (non-hydrogen) atoms. The maximum absolute atomic E-state index is 12.3. The SMILES string of the molecule is O=C(NCC=Cc1ccc2oc(C(=O)O)cc(=O)c2c1)OCC1c2ccccc2-c2ccccc21. The van der Waals surface area contributed by atoms with Crippen molar-refractivity contribution in [2.24, 2.45) is 0 Å². The molecule has 3 aromatic carbocycles. The van der Waals surface area contributed by atoms with Crippen molar-refractivity contribution in [1.82, 2.24) is 5.32 Å². The summed E-state index contributed by atoms with van der Waals surface area (Å²) in [5, 5.41) is 12.0. The van der Waals surface area contributed by atoms with Crippen molar-refractivity contribution in [2.75, 3.05) is 13.2 Å². The van der Waals surface area contributed by atoms with E-state index in [1.807, 2.05) is 24.3 Å². The largest absolute Gasteiger partial charge is 0.475 e. The second-order valence-electron chi connectivity index (χ2n) is 8.14. The van der Waals surface area contributed by atoms with E-state index in [1.54, 1.807) is 30.4 Å². The van der Waals surface area contributed by atoms with Crippen LogP contribution in [0.3, 0.4) is 0 Å². The minimum Gasteiger partial charge on any atom is -0.475 e. The quantitative estimate of drug-likeness (QED) is 0.411. The highest BCUT2D eigenvalue weighted by molar-refractivity contribution is 5.88. The third-order valence-corrected chi connectivity index (χ3v) is 5.98. The zero-order valence-corrected chi connectivity index (χ0v) is 18.6. The van der Waals surface area contributed by atoms with Gasteiger partial charge in [0.25, 0.3) is 0 Å². The van der Waals surface area contributed by atoms with Gasteiger partial charge in [-0.2, -0.15) is 0 Å². The predicted octanol–water partition coefficient (Wildman–Crippen LogP) is 5.04. The fourth-order valence-electron chi connectivity index (χ4n) is 4.37. The highest BCUT2D eigenvalue weighted by atomic mass is 16.5. The number of ether oxygens (including phenoxy) is 1. The van der Waals surface area contributed by atoms with Crippen LogP contribution in [-0.4, -0.2) is 30.3 Å². The average Bonchev–Trinajstić information content (AvgIpc) is 3.19. The molecule has 7 heteroatoms. The van der Waals surface area contributed by atoms with E-state index in [2.05, 4.69) is 29.6 Å². The van der Waals surface area contributed by atoms with Crippen LogP contribution < -0.4 is 10.7 Å². The highest BCUT2D eigenvalue weighted by Gasteiger charge is 2.28. The minimum absolute atomic E-state index is 0.00497. The molecule has 1 aliphatic rings. The molecule has 0 bridgehead atoms. The number of aromatic carboxylic acids is 1. The lowest BCUT2D eigenvalue weighted by Crippen LogP contribution is -2.26. The summed E-state index contributed by atoms with van der Waals surface area (Å²) in [7, 11) is 0. The molecule has 0 saturated carbocycles. The number of carbonyl (C=O) groups excluding carboxylic acids is 1. The Morgan fingerprint density at radius 2 is 1.66 bits per heavy atom. The molecule has 0 aliphatic heterocycles. The van der Waals surface area contributed by atoms with Crippen LogP contribution >= 0.6 is 0 Å². The lowest BCUT2D eigenvalue weighted by molar-refractivity contribution is 0.0663. The van der Waals surface area contributed by atoms with Crippen LogP contribution in [0.15, 0.2) is 88.1 Å². The zero-order chi connectivity index (χ0) is 24.4. The van der Waals surface area contributed by atoms with Gasteiger partial charge >= 0.3 is 12.1 Å². The number of rotatable bonds is 6. The van der Waals surface area contributed by atoms with Gasteiger partial charge in [0.1, 0.15) is 12.2 Å². The number of fused-ring (bicyclic) bond motifs is 4. The third-order valence-electron chi connectivity index (χ3n) is 5.98. The van der Waals surface area contributed by atoms with Crippen LogP contribution in [0.2, 0.25) is 0 Å². The number of carboxylic acids is 1. The molecule has 4 aromatic rings. The normalized spacial score (nSPS) is 12.5. The van der Waals surface area contributed by atoms with E-state index in [-0.39, 0.29) is 30.0 Å². The van der Waals surface area contributed by atoms with Crippen molar-refractivity contribution in [1.29, 1.82) is 0 Å². The summed E-state index contributed by atoms with van der Waals surface area (Å²) in [5.74, 6) is -1.71. The fraction of sp³-hybridized carbons (Fsp3) is 0.107. The molecule has 0 spiro atoms. The summed E-state index contributed by atoms with van der Waals surface area (Å²) >= 11 is 0. The number of benzene rings is 3. The van der Waals surface area contributed by atoms with E-state index >= 15 is 0 Å². The van der Waals surface area contributed by atoms with Gasteiger partial charge in [0.2, 0.25) is 5.76 Å². The first-order valence-corrected chi connectivity index (χ1v) is 11.1. The van der Waals surface area contributed by atoms with Gasteiger partial charge in [-0.15, -0.1) is 0 Å². The first-order valence-electron chi connectivity index (χ1n) is 11.1. The molecule has 1 aromatic heterocycles. The second kappa shape index (κ2) is 9.30. The van der Waals surface area contributed by atoms with Crippen molar-refractivity contribution >= 4 is 29.1 Å². The number of nitrogens with one attached hydrogen (secondary N) is 1. The van der Waals surface area contributed by atoms with Gasteiger partial charge in [-0.1, -0.05) is 66.7 Å². The Morgan fingerprint density at radius 3 is 2.34 bits per heavy atom. The predicted molar refractivity (Wildman–Crippen MR) is 132 cm³/mol. The van der Waals surface area contributed by atoms with Crippen molar-refractivity contribution in [2.45, 2.75) is 5.92 Å². The lowest BCUT2D eigenvalue weighted by Gasteiger charge is -2.14. The van der Waals surface area contributed by atoms with E-state index in [0.29, 0.717) is 5.56 Å². The average molecular weight is 467 g/mol. The van der Waals surface area contributed by atoms with Gasteiger partial charge in [-0.25, -0.2) is 9.59 Å². The molecule has 0 fully saturated rings. The summed E-state index contributed by atoms with van der Waals surface area (Å²) in [6.07, 6.45) is 2.96. The number of hydrogen-bond donors (Lipinski definition) is 2. The fourth-order valence-corrected chi connectivity index (χ4v) is 4.37. The number of carboxylic acid groups (broad SMARTS) is 1. The first-order chi connectivity index (χ1) is 17.0. The standard InChI is InChI=1S/C28H21NO6/c30-24-15-26(27(31)32)35-25-12-11-17(14-22(24)25)6-5-13-29-28(33)34-16-23-20-9-3-1-7-18(20)19-8-2-4-10-21(19)23/h1-12,14-15,23H,13,16H2,(H,29,33)(H,31,32). The molecule has 0 radical (unpaired) electrons. The molecular weight excluding hydrogens is 446 g/mol. The Bertz CT molecular complexity index is 1490. The molecule has 2 N–H and O–H groups in total. The van der Waals surface area contributed by atoms with Crippen LogP contribution in [0.25, 0.3) is 28.2 Å². The second-order valence-corrected chi connectivity index (χ2v) is 8.14. The summed E-state index contributed by atoms with van der Waals surface area (Å²) in [5.41, 5.74) is 5.12. The molecular formula is C28H21NO6. The van der Waals surface area contributed by atoms with Crippen molar-refractivity contribution in [3.8, 4) is 11.1 Å². The van der Waals surface area contributed by atoms with E-state index in [9.17, 15) is 14.4 Å². The topological polar surface area (TPSA) is 106 Å². The Hall–Kier alpha value is -4.65. The Morgan fingerprint density at radius 1 is 0.971 bits per heavy atom. The molecule has 0 unspecified atom stereocenters. The maximum Gasteiger partial charge on any atom is 0.407 e. The minimum atomic E-state index is -1.30. The molecule has 7 nitrogen and oxygen atoms in total. The number of hydrogen-bond acceptors (Lipinski definition) is 5. The summed E-state index contributed by atoms with van der Waals surface area (Å²) in [6.45, 7) is 0.476. The zero-order valence-electron chi connectivity index (χ0n) is 18.6. The molecule has 0 saturated heterocycles. The molecule has 5 rings (SSSR count). The van der Waals surface area contributed by atoms with Crippen molar-refractivity contribution in [3.63, 3.8) is 0 Å². The first kappa shape index (κ1) is 22.2. The monoisotopic (exact) mass is 467 g/mol. The third kappa shape index (κ3) is 4.44. The summed E-state index contributed by atoms with van der Waals surface area (Å²) < 4.78 is 10.7. The van der Waals surface area contributed by atoms with E-state index in [0.717, 1.165) is 17.2 Å².